The Morgan fingerprint density at radius 3 is 2.82 bits per heavy atom. The van der Waals surface area contributed by atoms with Crippen molar-refractivity contribution in [2.24, 2.45) is 0 Å². The third-order valence-corrected chi connectivity index (χ3v) is 4.66. The van der Waals surface area contributed by atoms with Crippen molar-refractivity contribution >= 4 is 16.3 Å². The zero-order valence-corrected chi connectivity index (χ0v) is 13.7. The van der Waals surface area contributed by atoms with Crippen molar-refractivity contribution in [3.8, 4) is 0 Å². The van der Waals surface area contributed by atoms with Crippen molar-refractivity contribution < 1.29 is 21.6 Å². The van der Waals surface area contributed by atoms with Crippen LogP contribution in [0.25, 0.3) is 0 Å². The molecular weight excluding hydrogens is 308 g/mol. The molecule has 1 fully saturated rings. The highest BCUT2D eigenvalue weighted by molar-refractivity contribution is 7.81. The van der Waals surface area contributed by atoms with Gasteiger partial charge in [-0.1, -0.05) is 0 Å². The molecule has 124 valence electrons. The van der Waals surface area contributed by atoms with Crippen molar-refractivity contribution in [2.45, 2.75) is 38.8 Å². The fourth-order valence-electron chi connectivity index (χ4n) is 2.44. The van der Waals surface area contributed by atoms with E-state index in [4.69, 9.17) is 4.18 Å². The molecule has 0 N–H and O–H groups in total. The molecule has 8 heteroatoms. The van der Waals surface area contributed by atoms with Crippen molar-refractivity contribution in [1.29, 1.82) is 0 Å². The van der Waals surface area contributed by atoms with Gasteiger partial charge in [-0.3, -0.25) is 8.98 Å². The molecule has 0 radical (unpaired) electrons. The monoisotopic (exact) mass is 330 g/mol. The maximum absolute atomic E-state index is 11.6. The van der Waals surface area contributed by atoms with E-state index in [1.165, 1.54) is 0 Å². The van der Waals surface area contributed by atoms with Crippen LogP contribution in [0.2, 0.25) is 0 Å². The van der Waals surface area contributed by atoms with Gasteiger partial charge in [-0.25, -0.2) is 4.18 Å². The topological polar surface area (TPSA) is 77.8 Å². The Balaban J connectivity index is 1.83. The van der Waals surface area contributed by atoms with Crippen LogP contribution in [0.4, 0.5) is 0 Å². The molecule has 1 aromatic heterocycles. The number of amides is 1. The summed E-state index contributed by atoms with van der Waals surface area (Å²) in [5, 5.41) is 0. The first-order valence-electron chi connectivity index (χ1n) is 7.30. The summed E-state index contributed by atoms with van der Waals surface area (Å²) in [5.41, 5.74) is 0.754. The lowest BCUT2D eigenvalue weighted by Crippen LogP contribution is -2.27. The number of likely N-dealkylation sites (tertiary alicyclic amines) is 1. The molecule has 2 heterocycles. The van der Waals surface area contributed by atoms with Gasteiger partial charge in [-0.15, -0.1) is 0 Å². The maximum atomic E-state index is 11.6. The van der Waals surface area contributed by atoms with Gasteiger partial charge in [0, 0.05) is 37.9 Å². The van der Waals surface area contributed by atoms with Gasteiger partial charge in [0.1, 0.15) is 0 Å². The largest absolute Gasteiger partial charge is 0.399 e. The summed E-state index contributed by atoms with van der Waals surface area (Å²) in [6.45, 7) is 3.62. The van der Waals surface area contributed by atoms with Crippen LogP contribution in [0.15, 0.2) is 18.5 Å². The molecule has 0 saturated carbocycles. The quantitative estimate of drug-likeness (QED) is 0.721. The predicted octanol–water partition coefficient (Wildman–Crippen LogP) is 1.47. The molecule has 0 aliphatic carbocycles. The summed E-state index contributed by atoms with van der Waals surface area (Å²) < 4.78 is 33.1. The molecule has 0 aromatic carbocycles. The zero-order valence-electron chi connectivity index (χ0n) is 12.9. The molecule has 0 bridgehead atoms. The average Bonchev–Trinajstić information content (AvgIpc) is 3.12. The van der Waals surface area contributed by atoms with E-state index >= 15 is 0 Å². The third kappa shape index (κ3) is 4.56. The second-order valence-electron chi connectivity index (χ2n) is 5.43. The van der Waals surface area contributed by atoms with E-state index < -0.39 is 10.4 Å². The number of nitrogens with zero attached hydrogens (tertiary/aromatic N) is 2. The van der Waals surface area contributed by atoms with Gasteiger partial charge in [0.25, 0.3) is 0 Å². The van der Waals surface area contributed by atoms with E-state index in [0.717, 1.165) is 38.6 Å². The van der Waals surface area contributed by atoms with Gasteiger partial charge in [-0.05, 0) is 31.4 Å². The van der Waals surface area contributed by atoms with Crippen molar-refractivity contribution in [3.05, 3.63) is 24.0 Å². The van der Waals surface area contributed by atoms with Crippen LogP contribution in [0.1, 0.15) is 37.8 Å². The predicted molar refractivity (Wildman–Crippen MR) is 80.3 cm³/mol. The Bertz CT molecular complexity index is 611. The van der Waals surface area contributed by atoms with Crippen LogP contribution < -0.4 is 0 Å². The van der Waals surface area contributed by atoms with Gasteiger partial charge in [0.05, 0.1) is 13.7 Å². The molecule has 1 atom stereocenters. The van der Waals surface area contributed by atoms with Crippen LogP contribution >= 0.6 is 0 Å². The summed E-state index contributed by atoms with van der Waals surface area (Å²) in [6.07, 6.45) is 6.20. The molecule has 1 aromatic rings. The number of rotatable bonds is 8. The summed E-state index contributed by atoms with van der Waals surface area (Å²) in [4.78, 5) is 13.5. The molecule has 22 heavy (non-hydrogen) atoms. The highest BCUT2D eigenvalue weighted by Crippen LogP contribution is 2.17. The highest BCUT2D eigenvalue weighted by atomic mass is 32.3. The molecule has 1 aliphatic rings. The lowest BCUT2D eigenvalue weighted by molar-refractivity contribution is -0.127. The van der Waals surface area contributed by atoms with Crippen molar-refractivity contribution in [1.82, 2.24) is 9.47 Å². The first kappa shape index (κ1) is 17.0. The second kappa shape index (κ2) is 7.26. The number of carbonyl (C=O) groups is 1. The van der Waals surface area contributed by atoms with Gasteiger partial charge < -0.3 is 9.47 Å². The van der Waals surface area contributed by atoms with Crippen LogP contribution in [-0.2, 0) is 30.2 Å². The highest BCUT2D eigenvalue weighted by Gasteiger charge is 2.20. The Morgan fingerprint density at radius 2 is 2.18 bits per heavy atom. The molecule has 1 unspecified atom stereocenters. The molecular formula is C14H22N2O5S. The molecule has 1 amide bonds. The number of hydrogen-bond donors (Lipinski definition) is 0. The molecule has 0 spiro atoms. The summed E-state index contributed by atoms with van der Waals surface area (Å²) in [5.74, 6) is 0.235. The number of carbonyl (C=O) groups excluding carboxylic acids is 1. The lowest BCUT2D eigenvalue weighted by Gasteiger charge is -2.19. The van der Waals surface area contributed by atoms with Crippen LogP contribution in [0, 0.1) is 0 Å². The lowest BCUT2D eigenvalue weighted by atomic mass is 10.2. The van der Waals surface area contributed by atoms with Crippen LogP contribution in [0.3, 0.4) is 0 Å². The Kier molecular flexibility index (Phi) is 5.60. The van der Waals surface area contributed by atoms with E-state index in [1.54, 1.807) is 0 Å². The summed E-state index contributed by atoms with van der Waals surface area (Å²) in [7, 11) is -2.85. The third-order valence-electron chi connectivity index (χ3n) is 3.85. The Hall–Kier alpha value is -1.38. The average molecular weight is 330 g/mol. The fraction of sp³-hybridized carbons (Fsp3) is 0.643. The SMILES string of the molecule is COS(=O)(=O)OCc1ccn(C(C)CCN2CCCC2=O)c1. The van der Waals surface area contributed by atoms with Gasteiger partial charge in [-0.2, -0.15) is 8.42 Å². The maximum Gasteiger partial charge on any atom is 0.399 e. The molecule has 1 aliphatic heterocycles. The van der Waals surface area contributed by atoms with Gasteiger partial charge >= 0.3 is 10.4 Å². The molecule has 1 saturated heterocycles. The van der Waals surface area contributed by atoms with Crippen molar-refractivity contribution in [3.63, 3.8) is 0 Å². The Morgan fingerprint density at radius 1 is 1.41 bits per heavy atom. The normalized spacial score (nSPS) is 17.2. The Labute approximate surface area is 131 Å². The minimum Gasteiger partial charge on any atom is -0.351 e. The van der Waals surface area contributed by atoms with Crippen LogP contribution in [0.5, 0.6) is 0 Å². The summed E-state index contributed by atoms with van der Waals surface area (Å²) in [6, 6.07) is 2.03. The standard InChI is InChI=1S/C14H22N2O5S/c1-12(5-8-15-7-3-4-14(15)17)16-9-6-13(10-16)11-21-22(18,19)20-2/h6,9-10,12H,3-5,7-8,11H2,1-2H3. The first-order chi connectivity index (χ1) is 10.4. The smallest absolute Gasteiger partial charge is 0.351 e. The minimum atomic E-state index is -3.91. The van der Waals surface area contributed by atoms with E-state index in [-0.39, 0.29) is 18.6 Å². The molecule has 7 nitrogen and oxygen atoms in total. The second-order valence-corrected chi connectivity index (χ2v) is 6.81. The van der Waals surface area contributed by atoms with E-state index in [2.05, 4.69) is 11.1 Å². The minimum absolute atomic E-state index is 0.0551. The van der Waals surface area contributed by atoms with Crippen molar-refractivity contribution in [2.75, 3.05) is 20.2 Å². The van der Waals surface area contributed by atoms with E-state index in [1.807, 2.05) is 27.9 Å². The van der Waals surface area contributed by atoms with Gasteiger partial charge in [0.2, 0.25) is 5.91 Å². The zero-order chi connectivity index (χ0) is 16.2. The molecule has 2 rings (SSSR count). The van der Waals surface area contributed by atoms with Gasteiger partial charge in [0.15, 0.2) is 0 Å². The van der Waals surface area contributed by atoms with Crippen LogP contribution in [-0.4, -0.2) is 44.0 Å². The fourth-order valence-corrected chi connectivity index (χ4v) is 2.82. The van der Waals surface area contributed by atoms with E-state index in [0.29, 0.717) is 6.42 Å². The first-order valence-corrected chi connectivity index (χ1v) is 8.64. The number of hydrogen-bond acceptors (Lipinski definition) is 5. The number of aromatic nitrogens is 1. The summed E-state index contributed by atoms with van der Waals surface area (Å²) >= 11 is 0. The van der Waals surface area contributed by atoms with E-state index in [9.17, 15) is 13.2 Å².